The number of benzene rings is 1. The minimum atomic E-state index is 0.0688. The largest absolute Gasteiger partial charge is 0.334 e. The number of nitrogens with zero attached hydrogens (tertiary/aromatic N) is 6. The number of amides is 1. The van der Waals surface area contributed by atoms with Crippen molar-refractivity contribution in [3.05, 3.63) is 41.7 Å². The number of hydrogen-bond donors (Lipinski definition) is 0. The van der Waals surface area contributed by atoms with Gasteiger partial charge in [-0.25, -0.2) is 4.68 Å². The molecule has 25 heavy (non-hydrogen) atoms. The quantitative estimate of drug-likeness (QED) is 0.732. The van der Waals surface area contributed by atoms with Crippen LogP contribution in [-0.4, -0.2) is 48.2 Å². The van der Waals surface area contributed by atoms with Crippen molar-refractivity contribution in [2.24, 2.45) is 0 Å². The van der Waals surface area contributed by atoms with Crippen LogP contribution < -0.4 is 0 Å². The van der Waals surface area contributed by atoms with Gasteiger partial charge >= 0.3 is 0 Å². The molecule has 4 rings (SSSR count). The lowest BCUT2D eigenvalue weighted by molar-refractivity contribution is 0.0722. The third kappa shape index (κ3) is 2.90. The summed E-state index contributed by atoms with van der Waals surface area (Å²) in [5.41, 5.74) is 3.55. The van der Waals surface area contributed by atoms with Gasteiger partial charge in [-0.3, -0.25) is 9.48 Å². The van der Waals surface area contributed by atoms with Crippen molar-refractivity contribution >= 4 is 16.9 Å². The highest BCUT2D eigenvalue weighted by atomic mass is 16.2. The Morgan fingerprint density at radius 1 is 1.36 bits per heavy atom. The van der Waals surface area contributed by atoms with Crippen LogP contribution in [0.15, 0.2) is 30.6 Å². The van der Waals surface area contributed by atoms with Gasteiger partial charge in [-0.15, -0.1) is 5.10 Å². The van der Waals surface area contributed by atoms with Crippen molar-refractivity contribution in [3.63, 3.8) is 0 Å². The number of fused-ring (bicyclic) bond motifs is 1. The molecule has 0 saturated carbocycles. The molecule has 0 spiro atoms. The Morgan fingerprint density at radius 3 is 3.00 bits per heavy atom. The summed E-state index contributed by atoms with van der Waals surface area (Å²) >= 11 is 0. The van der Waals surface area contributed by atoms with E-state index < -0.39 is 0 Å². The summed E-state index contributed by atoms with van der Waals surface area (Å²) in [5.74, 6) is 0.0688. The van der Waals surface area contributed by atoms with Gasteiger partial charge in [-0.1, -0.05) is 5.21 Å². The second-order valence-electron chi connectivity index (χ2n) is 6.64. The number of hydrogen-bond acceptors (Lipinski definition) is 4. The van der Waals surface area contributed by atoms with Crippen molar-refractivity contribution in [3.8, 4) is 0 Å². The summed E-state index contributed by atoms with van der Waals surface area (Å²) in [6, 6.07) is 5.86. The van der Waals surface area contributed by atoms with E-state index in [2.05, 4.69) is 15.4 Å². The number of carbonyl (C=O) groups is 1. The van der Waals surface area contributed by atoms with E-state index in [0.717, 1.165) is 49.1 Å². The highest BCUT2D eigenvalue weighted by Gasteiger charge is 2.30. The van der Waals surface area contributed by atoms with Crippen molar-refractivity contribution < 1.29 is 4.79 Å². The molecule has 1 amide bonds. The molecule has 0 N–H and O–H groups in total. The van der Waals surface area contributed by atoms with Crippen LogP contribution in [0.1, 0.15) is 35.7 Å². The average Bonchev–Trinajstić information content (AvgIpc) is 3.33. The maximum atomic E-state index is 13.0. The molecule has 0 aliphatic carbocycles. The normalized spacial score (nSPS) is 17.5. The molecule has 1 saturated heterocycles. The fourth-order valence-electron chi connectivity index (χ4n) is 3.58. The topological polar surface area (TPSA) is 68.8 Å². The number of likely N-dealkylation sites (tertiary alicyclic amines) is 1. The second-order valence-corrected chi connectivity index (χ2v) is 6.64. The maximum absolute atomic E-state index is 13.0. The molecule has 2 aromatic heterocycles. The molecule has 1 aliphatic rings. The lowest BCUT2D eigenvalue weighted by atomic mass is 10.1. The zero-order chi connectivity index (χ0) is 17.4. The number of aromatic nitrogens is 5. The molecule has 3 heterocycles. The van der Waals surface area contributed by atoms with Crippen LogP contribution in [0.25, 0.3) is 11.0 Å². The predicted octanol–water partition coefficient (Wildman–Crippen LogP) is 2.26. The summed E-state index contributed by atoms with van der Waals surface area (Å²) in [6.45, 7) is 6.36. The highest BCUT2D eigenvalue weighted by Crippen LogP contribution is 2.23. The van der Waals surface area contributed by atoms with Gasteiger partial charge in [0, 0.05) is 24.8 Å². The van der Waals surface area contributed by atoms with Gasteiger partial charge in [-0.2, -0.15) is 5.10 Å². The first-order valence-electron chi connectivity index (χ1n) is 8.79. The first kappa shape index (κ1) is 15.8. The van der Waals surface area contributed by atoms with Gasteiger partial charge < -0.3 is 4.90 Å². The van der Waals surface area contributed by atoms with Crippen LogP contribution in [0.2, 0.25) is 0 Å². The Balaban J connectivity index is 1.56. The van der Waals surface area contributed by atoms with Gasteiger partial charge in [0.15, 0.2) is 0 Å². The van der Waals surface area contributed by atoms with Crippen LogP contribution in [-0.2, 0) is 13.1 Å². The molecule has 7 heteroatoms. The highest BCUT2D eigenvalue weighted by molar-refractivity contribution is 5.97. The summed E-state index contributed by atoms with van der Waals surface area (Å²) < 4.78 is 3.77. The van der Waals surface area contributed by atoms with E-state index in [1.807, 2.05) is 58.7 Å². The van der Waals surface area contributed by atoms with Crippen molar-refractivity contribution in [2.75, 3.05) is 6.54 Å². The Labute approximate surface area is 146 Å². The van der Waals surface area contributed by atoms with Gasteiger partial charge in [0.25, 0.3) is 5.91 Å². The van der Waals surface area contributed by atoms with E-state index in [0.29, 0.717) is 5.56 Å². The Morgan fingerprint density at radius 2 is 2.24 bits per heavy atom. The molecule has 0 radical (unpaired) electrons. The molecular formula is C18H22N6O. The van der Waals surface area contributed by atoms with Gasteiger partial charge in [-0.05, 0) is 50.5 Å². The fraction of sp³-hybridized carbons (Fsp3) is 0.444. The van der Waals surface area contributed by atoms with Crippen molar-refractivity contribution in [1.29, 1.82) is 0 Å². The standard InChI is InChI=1S/C18H22N6O/c1-3-24-17-7-6-14(9-16(17)20-21-24)18(25)23-8-4-5-15(23)12-22-11-13(2)10-19-22/h6-7,9-11,15H,3-5,8,12H2,1-2H3/t15-/m0/s1. The Kier molecular flexibility index (Phi) is 3.99. The van der Waals surface area contributed by atoms with E-state index in [1.54, 1.807) is 0 Å². The molecule has 130 valence electrons. The van der Waals surface area contributed by atoms with E-state index in [4.69, 9.17) is 0 Å². The second kappa shape index (κ2) is 6.31. The van der Waals surface area contributed by atoms with E-state index in [9.17, 15) is 4.79 Å². The zero-order valence-corrected chi connectivity index (χ0v) is 14.6. The molecular weight excluding hydrogens is 316 g/mol. The zero-order valence-electron chi connectivity index (χ0n) is 14.6. The first-order chi connectivity index (χ1) is 12.2. The minimum absolute atomic E-state index is 0.0688. The molecule has 0 bridgehead atoms. The lowest BCUT2D eigenvalue weighted by Gasteiger charge is -2.24. The minimum Gasteiger partial charge on any atom is -0.334 e. The molecule has 1 aromatic carbocycles. The number of carbonyl (C=O) groups excluding carboxylic acids is 1. The van der Waals surface area contributed by atoms with Crippen molar-refractivity contribution in [1.82, 2.24) is 29.7 Å². The lowest BCUT2D eigenvalue weighted by Crippen LogP contribution is -2.38. The monoisotopic (exact) mass is 338 g/mol. The summed E-state index contributed by atoms with van der Waals surface area (Å²) in [7, 11) is 0. The van der Waals surface area contributed by atoms with Crippen LogP contribution in [0.3, 0.4) is 0 Å². The molecule has 1 atom stereocenters. The number of aryl methyl sites for hydroxylation is 2. The third-order valence-electron chi connectivity index (χ3n) is 4.86. The predicted molar refractivity (Wildman–Crippen MR) is 94.2 cm³/mol. The Bertz CT molecular complexity index is 911. The summed E-state index contributed by atoms with van der Waals surface area (Å²) in [5, 5.41) is 12.6. The van der Waals surface area contributed by atoms with Crippen molar-refractivity contribution in [2.45, 2.75) is 45.8 Å². The molecule has 0 unspecified atom stereocenters. The summed E-state index contributed by atoms with van der Waals surface area (Å²) in [6.07, 6.45) is 5.92. The van der Waals surface area contributed by atoms with Crippen LogP contribution in [0.5, 0.6) is 0 Å². The summed E-state index contributed by atoms with van der Waals surface area (Å²) in [4.78, 5) is 15.0. The van der Waals surface area contributed by atoms with Crippen LogP contribution >= 0.6 is 0 Å². The van der Waals surface area contributed by atoms with Crippen LogP contribution in [0, 0.1) is 6.92 Å². The van der Waals surface area contributed by atoms with Gasteiger partial charge in [0.05, 0.1) is 24.3 Å². The maximum Gasteiger partial charge on any atom is 0.254 e. The smallest absolute Gasteiger partial charge is 0.254 e. The fourth-order valence-corrected chi connectivity index (χ4v) is 3.58. The molecule has 1 aliphatic heterocycles. The first-order valence-corrected chi connectivity index (χ1v) is 8.79. The van der Waals surface area contributed by atoms with Gasteiger partial charge in [0.1, 0.15) is 5.52 Å². The Hall–Kier alpha value is -2.70. The van der Waals surface area contributed by atoms with Crippen LogP contribution in [0.4, 0.5) is 0 Å². The SMILES string of the molecule is CCn1nnc2cc(C(=O)N3CCC[C@H]3Cn3cc(C)cn3)ccc21. The molecule has 7 nitrogen and oxygen atoms in total. The number of rotatable bonds is 4. The van der Waals surface area contributed by atoms with E-state index in [-0.39, 0.29) is 11.9 Å². The van der Waals surface area contributed by atoms with Gasteiger partial charge in [0.2, 0.25) is 0 Å². The third-order valence-corrected chi connectivity index (χ3v) is 4.86. The molecule has 1 fully saturated rings. The van der Waals surface area contributed by atoms with E-state index >= 15 is 0 Å². The average molecular weight is 338 g/mol. The van der Waals surface area contributed by atoms with E-state index in [1.165, 1.54) is 0 Å². The molecule has 3 aromatic rings.